The normalized spacial score (nSPS) is 11.3. The van der Waals surface area contributed by atoms with Crippen molar-refractivity contribution in [2.75, 3.05) is 6.61 Å². The van der Waals surface area contributed by atoms with Gasteiger partial charge in [-0.15, -0.1) is 0 Å². The fourth-order valence-electron chi connectivity index (χ4n) is 2.37. The summed E-state index contributed by atoms with van der Waals surface area (Å²) in [7, 11) is 0. The molecular formula is C21H18Br2N2O4. The molecule has 0 radical (unpaired) electrons. The van der Waals surface area contributed by atoms with Crippen LogP contribution in [-0.4, -0.2) is 18.4 Å². The van der Waals surface area contributed by atoms with E-state index in [2.05, 4.69) is 31.9 Å². The maximum atomic E-state index is 12.1. The fourth-order valence-corrected chi connectivity index (χ4v) is 4.02. The molecule has 0 atom stereocenters. The molecule has 0 aromatic heterocycles. The summed E-state index contributed by atoms with van der Waals surface area (Å²) in [4.78, 5) is 23.9. The predicted molar refractivity (Wildman–Crippen MR) is 115 cm³/mol. The highest BCUT2D eigenvalue weighted by atomic mass is 79.9. The largest absolute Gasteiger partial charge is 0.487 e. The van der Waals surface area contributed by atoms with Gasteiger partial charge in [-0.2, -0.15) is 5.26 Å². The number of benzene rings is 2. The number of esters is 1. The van der Waals surface area contributed by atoms with E-state index in [1.165, 1.54) is 6.92 Å². The first-order chi connectivity index (χ1) is 13.7. The number of hydrogen-bond acceptors (Lipinski definition) is 6. The van der Waals surface area contributed by atoms with Crippen LogP contribution in [0.3, 0.4) is 0 Å². The number of halogens is 2. The number of ketones is 1. The van der Waals surface area contributed by atoms with Crippen LogP contribution in [0.5, 0.6) is 5.75 Å². The van der Waals surface area contributed by atoms with Gasteiger partial charge in [0.2, 0.25) is 5.78 Å². The Morgan fingerprint density at radius 2 is 1.72 bits per heavy atom. The van der Waals surface area contributed by atoms with Gasteiger partial charge < -0.3 is 15.2 Å². The number of ether oxygens (including phenoxy) is 2. The van der Waals surface area contributed by atoms with E-state index in [-0.39, 0.29) is 16.8 Å². The molecule has 2 aromatic carbocycles. The van der Waals surface area contributed by atoms with E-state index >= 15 is 0 Å². The number of rotatable bonds is 7. The van der Waals surface area contributed by atoms with Gasteiger partial charge in [-0.1, -0.05) is 12.1 Å². The summed E-state index contributed by atoms with van der Waals surface area (Å²) in [6, 6.07) is 12.3. The molecule has 8 heteroatoms. The Labute approximate surface area is 185 Å². The van der Waals surface area contributed by atoms with Crippen LogP contribution in [0.2, 0.25) is 0 Å². The van der Waals surface area contributed by atoms with Crippen LogP contribution in [0.4, 0.5) is 0 Å². The number of allylic oxidation sites excluding steroid dienone is 1. The molecule has 0 aliphatic rings. The topological polar surface area (TPSA) is 102 Å². The van der Waals surface area contributed by atoms with Crippen molar-refractivity contribution in [1.29, 1.82) is 5.26 Å². The zero-order chi connectivity index (χ0) is 21.6. The second-order valence-corrected chi connectivity index (χ2v) is 7.92. The van der Waals surface area contributed by atoms with E-state index in [0.717, 1.165) is 20.1 Å². The van der Waals surface area contributed by atoms with Crippen LogP contribution in [0.1, 0.15) is 28.4 Å². The van der Waals surface area contributed by atoms with Crippen LogP contribution in [0.15, 0.2) is 56.6 Å². The summed E-state index contributed by atoms with van der Waals surface area (Å²) in [6.07, 6.45) is 0. The number of carbonyl (C=O) groups is 2. The summed E-state index contributed by atoms with van der Waals surface area (Å²) in [5.74, 6) is -0.615. The second-order valence-electron chi connectivity index (χ2n) is 6.21. The van der Waals surface area contributed by atoms with Gasteiger partial charge in [-0.3, -0.25) is 4.79 Å². The summed E-state index contributed by atoms with van der Waals surface area (Å²) < 4.78 is 12.5. The standard InChI is InChI=1S/C21H18Br2N2O4/c1-12-7-17(22)20(18(23)8-12)28-10-14-3-5-15(6-4-14)21(27)29-11-19(26)16(9-24)13(2)25/h3-8H,10-11,25H2,1-2H3/b16-13+. The van der Waals surface area contributed by atoms with E-state index < -0.39 is 18.4 Å². The van der Waals surface area contributed by atoms with Gasteiger partial charge >= 0.3 is 5.97 Å². The van der Waals surface area contributed by atoms with E-state index in [1.807, 2.05) is 19.1 Å². The Hall–Kier alpha value is -2.63. The summed E-state index contributed by atoms with van der Waals surface area (Å²) >= 11 is 6.96. The Kier molecular flexibility index (Phi) is 8.00. The highest BCUT2D eigenvalue weighted by Crippen LogP contribution is 2.35. The van der Waals surface area contributed by atoms with Gasteiger partial charge in [0, 0.05) is 5.70 Å². The third-order valence-electron chi connectivity index (χ3n) is 3.83. The van der Waals surface area contributed by atoms with Crippen molar-refractivity contribution in [3.8, 4) is 11.8 Å². The molecule has 150 valence electrons. The molecule has 0 bridgehead atoms. The van der Waals surface area contributed by atoms with Gasteiger partial charge in [0.25, 0.3) is 0 Å². The van der Waals surface area contributed by atoms with Crippen LogP contribution >= 0.6 is 31.9 Å². The third-order valence-corrected chi connectivity index (χ3v) is 5.01. The first-order valence-corrected chi connectivity index (χ1v) is 10.1. The summed E-state index contributed by atoms with van der Waals surface area (Å²) in [6.45, 7) is 3.18. The van der Waals surface area contributed by atoms with Gasteiger partial charge in [0.1, 0.15) is 24.0 Å². The Balaban J connectivity index is 1.96. The molecule has 2 aromatic rings. The molecule has 0 spiro atoms. The molecule has 29 heavy (non-hydrogen) atoms. The molecule has 0 unspecified atom stereocenters. The number of nitrogens with zero attached hydrogens (tertiary/aromatic N) is 1. The molecule has 2 N–H and O–H groups in total. The molecule has 0 aliphatic carbocycles. The lowest BCUT2D eigenvalue weighted by molar-refractivity contribution is -0.118. The van der Waals surface area contributed by atoms with Gasteiger partial charge in [-0.05, 0) is 81.1 Å². The smallest absolute Gasteiger partial charge is 0.338 e. The minimum absolute atomic E-state index is 0.0877. The molecule has 0 amide bonds. The quantitative estimate of drug-likeness (QED) is 0.325. The van der Waals surface area contributed by atoms with Crippen molar-refractivity contribution >= 4 is 43.6 Å². The van der Waals surface area contributed by atoms with Crippen LogP contribution < -0.4 is 10.5 Å². The average Bonchev–Trinajstić information content (AvgIpc) is 2.66. The van der Waals surface area contributed by atoms with Crippen molar-refractivity contribution in [3.63, 3.8) is 0 Å². The van der Waals surface area contributed by atoms with E-state index in [0.29, 0.717) is 12.4 Å². The fraction of sp³-hybridized carbons (Fsp3) is 0.190. The number of carbonyl (C=O) groups excluding carboxylic acids is 2. The van der Waals surface area contributed by atoms with Crippen LogP contribution in [0.25, 0.3) is 0 Å². The highest BCUT2D eigenvalue weighted by Gasteiger charge is 2.15. The van der Waals surface area contributed by atoms with Crippen LogP contribution in [-0.2, 0) is 16.1 Å². The molecular weight excluding hydrogens is 504 g/mol. The zero-order valence-corrected chi connectivity index (χ0v) is 19.0. The maximum Gasteiger partial charge on any atom is 0.338 e. The number of hydrogen-bond donors (Lipinski definition) is 1. The lowest BCUT2D eigenvalue weighted by Gasteiger charge is -2.11. The van der Waals surface area contributed by atoms with Crippen molar-refractivity contribution < 1.29 is 19.1 Å². The molecule has 0 fully saturated rings. The molecule has 0 aliphatic heterocycles. The van der Waals surface area contributed by atoms with E-state index in [1.54, 1.807) is 30.3 Å². The molecule has 0 saturated carbocycles. The van der Waals surface area contributed by atoms with Crippen molar-refractivity contribution in [2.24, 2.45) is 5.73 Å². The minimum atomic E-state index is -0.665. The van der Waals surface area contributed by atoms with Gasteiger partial charge in [0.05, 0.1) is 14.5 Å². The minimum Gasteiger partial charge on any atom is -0.487 e. The highest BCUT2D eigenvalue weighted by molar-refractivity contribution is 9.11. The van der Waals surface area contributed by atoms with Gasteiger partial charge in [0.15, 0.2) is 6.61 Å². The number of nitrogens with two attached hydrogens (primary N) is 1. The lowest BCUT2D eigenvalue weighted by Crippen LogP contribution is -2.17. The SMILES string of the molecule is C/C(N)=C(/C#N)C(=O)COC(=O)c1ccc(COc2c(Br)cc(C)cc2Br)cc1. The first kappa shape index (κ1) is 22.7. The van der Waals surface area contributed by atoms with E-state index in [9.17, 15) is 9.59 Å². The van der Waals surface area contributed by atoms with Crippen LogP contribution in [0, 0.1) is 18.3 Å². The number of Topliss-reactive ketones (excluding diaryl/α,β-unsaturated/α-hetero) is 1. The molecule has 0 heterocycles. The molecule has 6 nitrogen and oxygen atoms in total. The Bertz CT molecular complexity index is 981. The van der Waals surface area contributed by atoms with E-state index in [4.69, 9.17) is 20.5 Å². The third kappa shape index (κ3) is 6.17. The average molecular weight is 522 g/mol. The molecule has 0 saturated heterocycles. The lowest BCUT2D eigenvalue weighted by atomic mass is 10.1. The predicted octanol–water partition coefficient (Wildman–Crippen LogP) is 4.58. The summed E-state index contributed by atoms with van der Waals surface area (Å²) in [5, 5.41) is 8.89. The Morgan fingerprint density at radius 3 is 2.24 bits per heavy atom. The number of nitriles is 1. The van der Waals surface area contributed by atoms with Crippen molar-refractivity contribution in [3.05, 3.63) is 73.3 Å². The van der Waals surface area contributed by atoms with Crippen molar-refractivity contribution in [1.82, 2.24) is 0 Å². The number of aryl methyl sites for hydroxylation is 1. The second kappa shape index (κ2) is 10.2. The first-order valence-electron chi connectivity index (χ1n) is 8.47. The molecule has 2 rings (SSSR count). The zero-order valence-electron chi connectivity index (χ0n) is 15.8. The maximum absolute atomic E-state index is 12.1. The summed E-state index contributed by atoms with van der Waals surface area (Å²) in [5.41, 5.74) is 7.56. The monoisotopic (exact) mass is 520 g/mol. The van der Waals surface area contributed by atoms with Gasteiger partial charge in [-0.25, -0.2) is 4.79 Å². The Morgan fingerprint density at radius 1 is 1.14 bits per heavy atom. The van der Waals surface area contributed by atoms with Crippen molar-refractivity contribution in [2.45, 2.75) is 20.5 Å².